The van der Waals surface area contributed by atoms with Crippen LogP contribution in [0.25, 0.3) is 10.9 Å². The fourth-order valence-electron chi connectivity index (χ4n) is 2.36. The summed E-state index contributed by atoms with van der Waals surface area (Å²) in [5.41, 5.74) is 1.99. The van der Waals surface area contributed by atoms with E-state index in [1.165, 1.54) is 7.11 Å². The molecule has 0 atom stereocenters. The van der Waals surface area contributed by atoms with Gasteiger partial charge >= 0.3 is 0 Å². The molecule has 0 aliphatic carbocycles. The first-order chi connectivity index (χ1) is 11.1. The van der Waals surface area contributed by atoms with Crippen LogP contribution >= 0.6 is 11.6 Å². The molecule has 0 unspecified atom stereocenters. The van der Waals surface area contributed by atoms with Crippen molar-refractivity contribution in [3.63, 3.8) is 0 Å². The normalized spacial score (nSPS) is 11.3. The molecule has 0 bridgehead atoms. The summed E-state index contributed by atoms with van der Waals surface area (Å²) >= 11 is 6.14. The number of aromatic nitrogens is 1. The number of aromatic amines is 1. The minimum atomic E-state index is 0.0634. The molecular weight excluding hydrogens is 316 g/mol. The Balaban J connectivity index is 2.05. The number of aromatic hydroxyl groups is 1. The van der Waals surface area contributed by atoms with E-state index in [0.717, 1.165) is 10.9 Å². The smallest absolute Gasteiger partial charge is 0.198 e. The summed E-state index contributed by atoms with van der Waals surface area (Å²) in [4.78, 5) is 7.31. The standard InChI is InChI=1S/C17H15ClN2O3/c1-22-15-8-16(23-2)14(7-12(15)18)19-9-11-10-5-3-4-6-13(10)20-17(11)21/h3-9,20-21H,1-2H3. The van der Waals surface area contributed by atoms with E-state index in [0.29, 0.717) is 27.8 Å². The summed E-state index contributed by atoms with van der Waals surface area (Å²) in [5, 5.41) is 11.4. The second-order valence-corrected chi connectivity index (χ2v) is 5.26. The highest BCUT2D eigenvalue weighted by molar-refractivity contribution is 6.32. The Morgan fingerprint density at radius 2 is 1.87 bits per heavy atom. The van der Waals surface area contributed by atoms with Crippen LogP contribution in [-0.4, -0.2) is 30.5 Å². The number of nitrogens with zero attached hydrogens (tertiary/aromatic N) is 1. The molecule has 1 aromatic heterocycles. The summed E-state index contributed by atoms with van der Waals surface area (Å²) in [6.07, 6.45) is 1.58. The SMILES string of the molecule is COc1cc(OC)c(N=Cc2c(O)[nH]c3ccccc23)cc1Cl. The molecule has 1 heterocycles. The van der Waals surface area contributed by atoms with Crippen LogP contribution in [0.5, 0.6) is 17.4 Å². The number of nitrogens with one attached hydrogen (secondary N) is 1. The third-order valence-electron chi connectivity index (χ3n) is 3.51. The van der Waals surface area contributed by atoms with Crippen LogP contribution < -0.4 is 9.47 Å². The number of fused-ring (bicyclic) bond motifs is 1. The van der Waals surface area contributed by atoms with Gasteiger partial charge in [-0.15, -0.1) is 0 Å². The van der Waals surface area contributed by atoms with E-state index >= 15 is 0 Å². The molecule has 0 radical (unpaired) electrons. The second-order valence-electron chi connectivity index (χ2n) is 4.85. The van der Waals surface area contributed by atoms with Gasteiger partial charge in [-0.1, -0.05) is 29.8 Å². The number of ether oxygens (including phenoxy) is 2. The summed E-state index contributed by atoms with van der Waals surface area (Å²) in [5.74, 6) is 1.10. The van der Waals surface area contributed by atoms with Gasteiger partial charge in [0.1, 0.15) is 17.2 Å². The molecule has 0 aliphatic heterocycles. The van der Waals surface area contributed by atoms with Crippen molar-refractivity contribution in [3.05, 3.63) is 47.0 Å². The van der Waals surface area contributed by atoms with Crippen molar-refractivity contribution in [2.45, 2.75) is 0 Å². The van der Waals surface area contributed by atoms with Crippen molar-refractivity contribution in [2.24, 2.45) is 4.99 Å². The number of methoxy groups -OCH3 is 2. The van der Waals surface area contributed by atoms with Gasteiger partial charge in [-0.2, -0.15) is 0 Å². The summed E-state index contributed by atoms with van der Waals surface area (Å²) in [7, 11) is 3.08. The number of aliphatic imine (C=N–C) groups is 1. The molecule has 0 saturated carbocycles. The summed E-state index contributed by atoms with van der Waals surface area (Å²) in [6.45, 7) is 0. The van der Waals surface area contributed by atoms with E-state index in [2.05, 4.69) is 9.98 Å². The van der Waals surface area contributed by atoms with Crippen LogP contribution in [0.15, 0.2) is 41.4 Å². The Hall–Kier alpha value is -2.66. The van der Waals surface area contributed by atoms with Gasteiger partial charge in [0.15, 0.2) is 5.88 Å². The Kier molecular flexibility index (Phi) is 4.12. The van der Waals surface area contributed by atoms with Crippen molar-refractivity contribution in [1.29, 1.82) is 0 Å². The highest BCUT2D eigenvalue weighted by atomic mass is 35.5. The fraction of sp³-hybridized carbons (Fsp3) is 0.118. The van der Waals surface area contributed by atoms with Crippen LogP contribution in [0.1, 0.15) is 5.56 Å². The predicted molar refractivity (Wildman–Crippen MR) is 91.8 cm³/mol. The number of benzene rings is 2. The second kappa shape index (κ2) is 6.22. The quantitative estimate of drug-likeness (QED) is 0.701. The number of H-pyrrole nitrogens is 1. The molecular formula is C17H15ClN2O3. The van der Waals surface area contributed by atoms with Crippen molar-refractivity contribution in [3.8, 4) is 17.4 Å². The predicted octanol–water partition coefficient (Wildman–Crippen LogP) is 4.29. The number of halogens is 1. The van der Waals surface area contributed by atoms with Gasteiger partial charge in [0.2, 0.25) is 0 Å². The van der Waals surface area contributed by atoms with Crippen molar-refractivity contribution in [2.75, 3.05) is 14.2 Å². The Labute approximate surface area is 138 Å². The van der Waals surface area contributed by atoms with Crippen LogP contribution in [-0.2, 0) is 0 Å². The first-order valence-corrected chi connectivity index (χ1v) is 7.27. The van der Waals surface area contributed by atoms with Crippen LogP contribution in [0, 0.1) is 0 Å². The van der Waals surface area contributed by atoms with Crippen molar-refractivity contribution >= 4 is 34.4 Å². The van der Waals surface area contributed by atoms with E-state index in [-0.39, 0.29) is 5.88 Å². The lowest BCUT2D eigenvalue weighted by atomic mass is 10.2. The maximum atomic E-state index is 10.1. The monoisotopic (exact) mass is 330 g/mol. The summed E-state index contributed by atoms with van der Waals surface area (Å²) in [6, 6.07) is 10.9. The third kappa shape index (κ3) is 2.83. The van der Waals surface area contributed by atoms with Gasteiger partial charge in [-0.25, -0.2) is 0 Å². The topological polar surface area (TPSA) is 66.8 Å². The average Bonchev–Trinajstić information content (AvgIpc) is 2.88. The van der Waals surface area contributed by atoms with Crippen LogP contribution in [0.3, 0.4) is 0 Å². The molecule has 3 rings (SSSR count). The number of para-hydroxylation sites is 1. The van der Waals surface area contributed by atoms with Gasteiger partial charge in [0, 0.05) is 23.2 Å². The van der Waals surface area contributed by atoms with Gasteiger partial charge in [0.25, 0.3) is 0 Å². The Morgan fingerprint density at radius 3 is 2.61 bits per heavy atom. The molecule has 5 nitrogen and oxygen atoms in total. The molecule has 23 heavy (non-hydrogen) atoms. The van der Waals surface area contributed by atoms with Crippen molar-refractivity contribution < 1.29 is 14.6 Å². The number of hydrogen-bond acceptors (Lipinski definition) is 4. The lowest BCUT2D eigenvalue weighted by Gasteiger charge is -2.08. The maximum Gasteiger partial charge on any atom is 0.198 e. The van der Waals surface area contributed by atoms with Crippen molar-refractivity contribution in [1.82, 2.24) is 4.98 Å². The molecule has 0 amide bonds. The molecule has 3 aromatic rings. The number of rotatable bonds is 4. The lowest BCUT2D eigenvalue weighted by molar-refractivity contribution is 0.395. The van der Waals surface area contributed by atoms with Crippen LogP contribution in [0.4, 0.5) is 5.69 Å². The van der Waals surface area contributed by atoms with Gasteiger partial charge in [-0.3, -0.25) is 4.99 Å². The first kappa shape index (κ1) is 15.2. The molecule has 0 saturated heterocycles. The highest BCUT2D eigenvalue weighted by Crippen LogP contribution is 2.38. The highest BCUT2D eigenvalue weighted by Gasteiger charge is 2.11. The van der Waals surface area contributed by atoms with Gasteiger partial charge in [-0.05, 0) is 12.1 Å². The van der Waals surface area contributed by atoms with Gasteiger partial charge < -0.3 is 19.6 Å². The van der Waals surface area contributed by atoms with E-state index in [9.17, 15) is 5.11 Å². The molecule has 6 heteroatoms. The first-order valence-electron chi connectivity index (χ1n) is 6.89. The molecule has 118 valence electrons. The maximum absolute atomic E-state index is 10.1. The van der Waals surface area contributed by atoms with Gasteiger partial charge in [0.05, 0.1) is 24.8 Å². The Bertz CT molecular complexity index is 887. The molecule has 2 aromatic carbocycles. The third-order valence-corrected chi connectivity index (χ3v) is 3.81. The zero-order chi connectivity index (χ0) is 16.4. The molecule has 0 spiro atoms. The molecule has 0 aliphatic rings. The minimum Gasteiger partial charge on any atom is -0.495 e. The van der Waals surface area contributed by atoms with E-state index in [1.54, 1.807) is 25.5 Å². The van der Waals surface area contributed by atoms with E-state index in [4.69, 9.17) is 21.1 Å². The summed E-state index contributed by atoms with van der Waals surface area (Å²) < 4.78 is 10.5. The molecule has 2 N–H and O–H groups in total. The number of hydrogen-bond donors (Lipinski definition) is 2. The lowest BCUT2D eigenvalue weighted by Crippen LogP contribution is -1.89. The van der Waals surface area contributed by atoms with E-state index < -0.39 is 0 Å². The van der Waals surface area contributed by atoms with E-state index in [1.807, 2.05) is 24.3 Å². The average molecular weight is 331 g/mol. The zero-order valence-electron chi connectivity index (χ0n) is 12.6. The largest absolute Gasteiger partial charge is 0.495 e. The molecule has 0 fully saturated rings. The Morgan fingerprint density at radius 1 is 1.13 bits per heavy atom. The minimum absolute atomic E-state index is 0.0634. The fourth-order valence-corrected chi connectivity index (χ4v) is 2.59. The van der Waals surface area contributed by atoms with Crippen LogP contribution in [0.2, 0.25) is 5.02 Å². The zero-order valence-corrected chi connectivity index (χ0v) is 13.4.